The highest BCUT2D eigenvalue weighted by Gasteiger charge is 2.51. The van der Waals surface area contributed by atoms with Gasteiger partial charge in [-0.25, -0.2) is 0 Å². The zero-order valence-electron chi connectivity index (χ0n) is 31.1. The Morgan fingerprint density at radius 2 is 0.842 bits per heavy atom. The summed E-state index contributed by atoms with van der Waals surface area (Å²) in [6.45, 7) is 0. The number of fused-ring (bicyclic) bond motifs is 13. The number of hydrogen-bond donors (Lipinski definition) is 0. The monoisotopic (exact) mass is 725 g/mol. The average molecular weight is 726 g/mol. The second-order valence-electron chi connectivity index (χ2n) is 15.2. The van der Waals surface area contributed by atoms with Crippen LogP contribution in [0.25, 0.3) is 66.4 Å². The zero-order valence-corrected chi connectivity index (χ0v) is 31.1. The molecule has 1 heterocycles. The van der Waals surface area contributed by atoms with Crippen LogP contribution in [0.1, 0.15) is 22.3 Å². The molecule has 0 fully saturated rings. The summed E-state index contributed by atoms with van der Waals surface area (Å²) in [5.74, 6) is 0. The van der Waals surface area contributed by atoms with Crippen LogP contribution in [0.15, 0.2) is 217 Å². The molecule has 0 amide bonds. The molecule has 0 atom stereocenters. The molecule has 266 valence electrons. The molecule has 0 unspecified atom stereocenters. The van der Waals surface area contributed by atoms with Gasteiger partial charge in [-0.1, -0.05) is 170 Å². The molecular formula is C55H35NO. The maximum atomic E-state index is 6.42. The number of furan rings is 1. The van der Waals surface area contributed by atoms with Crippen molar-refractivity contribution in [2.75, 3.05) is 4.90 Å². The Hall–Kier alpha value is -7.42. The van der Waals surface area contributed by atoms with Crippen molar-refractivity contribution in [3.05, 3.63) is 235 Å². The summed E-state index contributed by atoms with van der Waals surface area (Å²) in [5, 5.41) is 2.25. The van der Waals surface area contributed by atoms with E-state index in [4.69, 9.17) is 4.42 Å². The summed E-state index contributed by atoms with van der Waals surface area (Å²) in [7, 11) is 0. The number of rotatable bonds is 5. The molecule has 0 N–H and O–H groups in total. The molecular weight excluding hydrogens is 691 g/mol. The van der Waals surface area contributed by atoms with Gasteiger partial charge < -0.3 is 9.32 Å². The Morgan fingerprint density at radius 1 is 0.333 bits per heavy atom. The summed E-state index contributed by atoms with van der Waals surface area (Å²) in [6.07, 6.45) is 0. The quantitative estimate of drug-likeness (QED) is 0.176. The Balaban J connectivity index is 1.13. The number of hydrogen-bond acceptors (Lipinski definition) is 2. The lowest BCUT2D eigenvalue weighted by atomic mass is 9.70. The van der Waals surface area contributed by atoms with Crippen molar-refractivity contribution >= 4 is 39.0 Å². The Kier molecular flexibility index (Phi) is 6.88. The number of anilines is 3. The second kappa shape index (κ2) is 12.3. The molecule has 0 bridgehead atoms. The van der Waals surface area contributed by atoms with Crippen LogP contribution in [-0.4, -0.2) is 0 Å². The molecule has 0 saturated carbocycles. The Morgan fingerprint density at radius 3 is 1.54 bits per heavy atom. The summed E-state index contributed by atoms with van der Waals surface area (Å²) in [6, 6.07) is 77.5. The zero-order chi connectivity index (χ0) is 37.5. The van der Waals surface area contributed by atoms with Crippen molar-refractivity contribution in [2.24, 2.45) is 0 Å². The van der Waals surface area contributed by atoms with E-state index in [0.717, 1.165) is 50.1 Å². The molecule has 57 heavy (non-hydrogen) atoms. The third-order valence-electron chi connectivity index (χ3n) is 12.3. The minimum Gasteiger partial charge on any atom is -0.456 e. The molecule has 0 radical (unpaired) electrons. The van der Waals surface area contributed by atoms with Crippen LogP contribution in [0.2, 0.25) is 0 Å². The maximum Gasteiger partial charge on any atom is 0.136 e. The first-order valence-electron chi connectivity index (χ1n) is 19.7. The van der Waals surface area contributed by atoms with E-state index in [1.165, 1.54) is 55.6 Å². The molecule has 2 aliphatic carbocycles. The van der Waals surface area contributed by atoms with Gasteiger partial charge in [-0.2, -0.15) is 0 Å². The second-order valence-corrected chi connectivity index (χ2v) is 15.2. The first-order chi connectivity index (χ1) is 28.3. The number of benzene rings is 9. The largest absolute Gasteiger partial charge is 0.456 e. The van der Waals surface area contributed by atoms with Crippen LogP contribution in [0, 0.1) is 0 Å². The molecule has 0 saturated heterocycles. The van der Waals surface area contributed by atoms with Gasteiger partial charge in [0.2, 0.25) is 0 Å². The fraction of sp³-hybridized carbons (Fsp3) is 0.0182. The van der Waals surface area contributed by atoms with Crippen LogP contribution < -0.4 is 4.90 Å². The summed E-state index contributed by atoms with van der Waals surface area (Å²) in [5.41, 5.74) is 19.8. The molecule has 2 aliphatic rings. The standard InChI is InChI=1S/C55H35NO/c1-2-15-36(16-3-1)37-29-31-38(32-30-37)56(51-26-12-7-20-44(51)45-22-14-28-53-54(45)46-21-8-13-27-52(46)57-53)39-33-34-43-42-19-6-11-25-49(42)55(50(43)35-39)47-23-9-4-17-40(47)41-18-5-10-24-48(41)55/h1-35H. The highest BCUT2D eigenvalue weighted by Crippen LogP contribution is 2.63. The molecule has 0 aliphatic heterocycles. The van der Waals surface area contributed by atoms with Gasteiger partial charge in [-0.3, -0.25) is 0 Å². The van der Waals surface area contributed by atoms with Crippen LogP contribution >= 0.6 is 0 Å². The smallest absolute Gasteiger partial charge is 0.136 e. The van der Waals surface area contributed by atoms with Crippen molar-refractivity contribution in [1.29, 1.82) is 0 Å². The normalized spacial score (nSPS) is 13.1. The lowest BCUT2D eigenvalue weighted by molar-refractivity contribution is 0.669. The maximum absolute atomic E-state index is 6.42. The molecule has 10 aromatic rings. The van der Waals surface area contributed by atoms with Crippen molar-refractivity contribution in [3.8, 4) is 44.5 Å². The first kappa shape index (κ1) is 31.9. The first-order valence-corrected chi connectivity index (χ1v) is 19.7. The van der Waals surface area contributed by atoms with Gasteiger partial charge in [0.15, 0.2) is 0 Å². The van der Waals surface area contributed by atoms with Crippen molar-refractivity contribution in [3.63, 3.8) is 0 Å². The van der Waals surface area contributed by atoms with E-state index < -0.39 is 5.41 Å². The predicted molar refractivity (Wildman–Crippen MR) is 236 cm³/mol. The van der Waals surface area contributed by atoms with Crippen molar-refractivity contribution in [2.45, 2.75) is 5.41 Å². The summed E-state index contributed by atoms with van der Waals surface area (Å²) < 4.78 is 6.42. The third kappa shape index (κ3) is 4.53. The molecule has 2 nitrogen and oxygen atoms in total. The predicted octanol–water partition coefficient (Wildman–Crippen LogP) is 14.7. The molecule has 1 aromatic heterocycles. The third-order valence-corrected chi connectivity index (χ3v) is 12.3. The SMILES string of the molecule is c1ccc(-c2ccc(N(c3ccc4c(c3)C3(c5ccccc5-c5ccccc53)c3ccccc3-4)c3ccccc3-c3cccc4oc5ccccc5c34)cc2)cc1. The van der Waals surface area contributed by atoms with Gasteiger partial charge >= 0.3 is 0 Å². The highest BCUT2D eigenvalue weighted by molar-refractivity contribution is 6.14. The van der Waals surface area contributed by atoms with E-state index in [2.05, 4.69) is 211 Å². The summed E-state index contributed by atoms with van der Waals surface area (Å²) in [4.78, 5) is 2.45. The summed E-state index contributed by atoms with van der Waals surface area (Å²) >= 11 is 0. The van der Waals surface area contributed by atoms with Gasteiger partial charge in [-0.05, 0) is 104 Å². The lowest BCUT2D eigenvalue weighted by Crippen LogP contribution is -2.26. The van der Waals surface area contributed by atoms with Crippen LogP contribution in [0.3, 0.4) is 0 Å². The number of para-hydroxylation sites is 2. The fourth-order valence-corrected chi connectivity index (χ4v) is 9.98. The van der Waals surface area contributed by atoms with Gasteiger partial charge in [0.25, 0.3) is 0 Å². The molecule has 1 spiro atoms. The van der Waals surface area contributed by atoms with Crippen LogP contribution in [0.5, 0.6) is 0 Å². The van der Waals surface area contributed by atoms with E-state index in [1.54, 1.807) is 0 Å². The highest BCUT2D eigenvalue weighted by atomic mass is 16.3. The van der Waals surface area contributed by atoms with Crippen LogP contribution in [0.4, 0.5) is 17.1 Å². The molecule has 12 rings (SSSR count). The topological polar surface area (TPSA) is 16.4 Å². The van der Waals surface area contributed by atoms with E-state index in [-0.39, 0.29) is 0 Å². The van der Waals surface area contributed by atoms with Gasteiger partial charge in [0, 0.05) is 27.7 Å². The van der Waals surface area contributed by atoms with Crippen molar-refractivity contribution in [1.82, 2.24) is 0 Å². The Bertz CT molecular complexity index is 3130. The van der Waals surface area contributed by atoms with Gasteiger partial charge in [0.1, 0.15) is 11.2 Å². The average Bonchev–Trinajstić information content (AvgIpc) is 3.91. The van der Waals surface area contributed by atoms with Gasteiger partial charge in [-0.15, -0.1) is 0 Å². The van der Waals surface area contributed by atoms with Crippen molar-refractivity contribution < 1.29 is 4.42 Å². The van der Waals surface area contributed by atoms with Crippen LogP contribution in [-0.2, 0) is 5.41 Å². The molecule has 2 heteroatoms. The van der Waals surface area contributed by atoms with E-state index >= 15 is 0 Å². The lowest BCUT2D eigenvalue weighted by Gasteiger charge is -2.32. The minimum atomic E-state index is -0.446. The Labute approximate surface area is 331 Å². The number of nitrogens with zero attached hydrogens (tertiary/aromatic N) is 1. The van der Waals surface area contributed by atoms with E-state index in [9.17, 15) is 0 Å². The van der Waals surface area contributed by atoms with E-state index in [0.29, 0.717) is 0 Å². The fourth-order valence-electron chi connectivity index (χ4n) is 9.98. The minimum absolute atomic E-state index is 0.446. The van der Waals surface area contributed by atoms with Gasteiger partial charge in [0.05, 0.1) is 11.1 Å². The van der Waals surface area contributed by atoms with E-state index in [1.807, 2.05) is 6.07 Å². The molecule has 9 aromatic carbocycles.